The first kappa shape index (κ1) is 17.0. The molecule has 0 amide bonds. The molecule has 3 aromatic rings. The van der Waals surface area contributed by atoms with E-state index >= 15 is 0 Å². The fraction of sp³-hybridized carbons (Fsp3) is 0.130. The molecule has 27 heavy (non-hydrogen) atoms. The number of rotatable bonds is 5. The summed E-state index contributed by atoms with van der Waals surface area (Å²) in [5.41, 5.74) is 3.73. The Morgan fingerprint density at radius 2 is 1.56 bits per heavy atom. The normalized spacial score (nSPS) is 11.9. The van der Waals surface area contributed by atoms with Gasteiger partial charge in [0.2, 0.25) is 0 Å². The van der Waals surface area contributed by atoms with E-state index in [-0.39, 0.29) is 0 Å². The van der Waals surface area contributed by atoms with E-state index in [4.69, 9.17) is 18.9 Å². The molecule has 0 saturated carbocycles. The van der Waals surface area contributed by atoms with Crippen LogP contribution in [0.15, 0.2) is 67.2 Å². The number of hydrogen-bond donors (Lipinski definition) is 0. The van der Waals surface area contributed by atoms with Crippen LogP contribution in [0.3, 0.4) is 0 Å². The number of fused-ring (bicyclic) bond motifs is 2. The van der Waals surface area contributed by atoms with Crippen LogP contribution in [0.25, 0.3) is 5.57 Å². The fourth-order valence-corrected chi connectivity index (χ4v) is 3.14. The molecule has 0 N–H and O–H groups in total. The molecule has 3 aromatic carbocycles. The smallest absolute Gasteiger partial charge is 0.177 e. The molecule has 4 heteroatoms. The second kappa shape index (κ2) is 7.08. The summed E-state index contributed by atoms with van der Waals surface area (Å²) in [4.78, 5) is 0. The van der Waals surface area contributed by atoms with Gasteiger partial charge in [-0.25, -0.2) is 0 Å². The minimum absolute atomic E-state index is 0.464. The quantitative estimate of drug-likeness (QED) is 0.474. The van der Waals surface area contributed by atoms with E-state index in [1.54, 1.807) is 14.2 Å². The van der Waals surface area contributed by atoms with Gasteiger partial charge in [-0.3, -0.25) is 0 Å². The molecule has 0 fully saturated rings. The molecule has 136 valence electrons. The molecule has 0 saturated heterocycles. The summed E-state index contributed by atoms with van der Waals surface area (Å²) in [6.07, 6.45) is 0. The highest BCUT2D eigenvalue weighted by Gasteiger charge is 2.26. The van der Waals surface area contributed by atoms with Crippen LogP contribution < -0.4 is 18.9 Å². The van der Waals surface area contributed by atoms with E-state index in [2.05, 4.69) is 6.58 Å². The SMILES string of the molecule is C=C1c2cc(OC)c(OC)cc2Oc2c(OCc3ccccc3)cccc21. The van der Waals surface area contributed by atoms with Gasteiger partial charge in [0, 0.05) is 17.2 Å². The van der Waals surface area contributed by atoms with Crippen LogP contribution in [0.1, 0.15) is 16.7 Å². The molecule has 0 spiro atoms. The highest BCUT2D eigenvalue weighted by molar-refractivity contribution is 5.89. The van der Waals surface area contributed by atoms with Crippen molar-refractivity contribution in [2.24, 2.45) is 0 Å². The van der Waals surface area contributed by atoms with Crippen molar-refractivity contribution < 1.29 is 18.9 Å². The van der Waals surface area contributed by atoms with Crippen LogP contribution >= 0.6 is 0 Å². The molecule has 0 unspecified atom stereocenters. The lowest BCUT2D eigenvalue weighted by Gasteiger charge is -2.25. The van der Waals surface area contributed by atoms with Crippen molar-refractivity contribution in [2.45, 2.75) is 6.61 Å². The summed E-state index contributed by atoms with van der Waals surface area (Å²) in [7, 11) is 3.21. The zero-order valence-corrected chi connectivity index (χ0v) is 15.3. The van der Waals surface area contributed by atoms with Crippen LogP contribution in [-0.2, 0) is 6.61 Å². The maximum atomic E-state index is 6.19. The minimum Gasteiger partial charge on any atom is -0.493 e. The summed E-state index contributed by atoms with van der Waals surface area (Å²) >= 11 is 0. The standard InChI is InChI=1S/C23H20O4/c1-15-17-10-7-11-19(26-14-16-8-5-4-6-9-16)23(17)27-20-13-22(25-3)21(24-2)12-18(15)20/h4-13H,1,14H2,2-3H3. The van der Waals surface area contributed by atoms with Gasteiger partial charge in [-0.1, -0.05) is 49.0 Å². The van der Waals surface area contributed by atoms with Gasteiger partial charge in [-0.05, 0) is 23.3 Å². The van der Waals surface area contributed by atoms with Crippen molar-refractivity contribution in [2.75, 3.05) is 14.2 Å². The predicted octanol–water partition coefficient (Wildman–Crippen LogP) is 5.45. The van der Waals surface area contributed by atoms with E-state index in [1.807, 2.05) is 60.7 Å². The Hall–Kier alpha value is -3.40. The van der Waals surface area contributed by atoms with Crippen molar-refractivity contribution in [1.29, 1.82) is 0 Å². The summed E-state index contributed by atoms with van der Waals surface area (Å²) in [5.74, 6) is 3.26. The molecule has 1 aliphatic rings. The highest BCUT2D eigenvalue weighted by atomic mass is 16.5. The van der Waals surface area contributed by atoms with Gasteiger partial charge >= 0.3 is 0 Å². The van der Waals surface area contributed by atoms with Gasteiger partial charge < -0.3 is 18.9 Å². The topological polar surface area (TPSA) is 36.9 Å². The van der Waals surface area contributed by atoms with E-state index in [1.165, 1.54) is 0 Å². The number of para-hydroxylation sites is 1. The van der Waals surface area contributed by atoms with Gasteiger partial charge in [0.05, 0.1) is 14.2 Å². The molecular formula is C23H20O4. The van der Waals surface area contributed by atoms with Crippen LogP contribution in [0, 0.1) is 0 Å². The molecule has 0 aromatic heterocycles. The second-order valence-electron chi connectivity index (χ2n) is 6.19. The minimum atomic E-state index is 0.464. The number of ether oxygens (including phenoxy) is 4. The number of methoxy groups -OCH3 is 2. The molecule has 0 aliphatic carbocycles. The number of hydrogen-bond acceptors (Lipinski definition) is 4. The lowest BCUT2D eigenvalue weighted by molar-refractivity contribution is 0.290. The predicted molar refractivity (Wildman–Crippen MR) is 105 cm³/mol. The van der Waals surface area contributed by atoms with Crippen molar-refractivity contribution in [1.82, 2.24) is 0 Å². The summed E-state index contributed by atoms with van der Waals surface area (Å²) in [6, 6.07) is 19.6. The van der Waals surface area contributed by atoms with Gasteiger partial charge in [-0.15, -0.1) is 0 Å². The fourth-order valence-electron chi connectivity index (χ4n) is 3.14. The zero-order chi connectivity index (χ0) is 18.8. The molecule has 0 atom stereocenters. The third-order valence-corrected chi connectivity index (χ3v) is 4.56. The maximum absolute atomic E-state index is 6.19. The molecule has 4 nitrogen and oxygen atoms in total. The highest BCUT2D eigenvalue weighted by Crippen LogP contribution is 2.50. The summed E-state index contributed by atoms with van der Waals surface area (Å²) in [6.45, 7) is 4.72. The van der Waals surface area contributed by atoms with Crippen LogP contribution in [0.5, 0.6) is 28.7 Å². The van der Waals surface area contributed by atoms with E-state index in [0.29, 0.717) is 35.4 Å². The second-order valence-corrected chi connectivity index (χ2v) is 6.19. The Bertz CT molecular complexity index is 993. The summed E-state index contributed by atoms with van der Waals surface area (Å²) in [5, 5.41) is 0. The maximum Gasteiger partial charge on any atom is 0.177 e. The molecule has 0 bridgehead atoms. The summed E-state index contributed by atoms with van der Waals surface area (Å²) < 4.78 is 23.0. The van der Waals surface area contributed by atoms with Crippen molar-refractivity contribution in [3.05, 3.63) is 83.9 Å². The van der Waals surface area contributed by atoms with Crippen molar-refractivity contribution in [3.63, 3.8) is 0 Å². The lowest BCUT2D eigenvalue weighted by Crippen LogP contribution is -2.06. The Morgan fingerprint density at radius 1 is 0.815 bits per heavy atom. The first-order valence-electron chi connectivity index (χ1n) is 8.64. The lowest BCUT2D eigenvalue weighted by atomic mass is 9.94. The average molecular weight is 360 g/mol. The van der Waals surface area contributed by atoms with E-state index in [9.17, 15) is 0 Å². The van der Waals surface area contributed by atoms with Crippen molar-refractivity contribution in [3.8, 4) is 28.7 Å². The first-order chi connectivity index (χ1) is 13.2. The Kier molecular flexibility index (Phi) is 4.47. The zero-order valence-electron chi connectivity index (χ0n) is 15.3. The Balaban J connectivity index is 1.69. The van der Waals surface area contributed by atoms with Gasteiger partial charge in [0.25, 0.3) is 0 Å². The van der Waals surface area contributed by atoms with Gasteiger partial charge in [0.1, 0.15) is 12.4 Å². The van der Waals surface area contributed by atoms with Crippen LogP contribution in [0.2, 0.25) is 0 Å². The Labute approximate surface area is 158 Å². The third kappa shape index (κ3) is 3.10. The molecule has 4 rings (SSSR count). The van der Waals surface area contributed by atoms with E-state index < -0.39 is 0 Å². The molecular weight excluding hydrogens is 340 g/mol. The molecule has 1 aliphatic heterocycles. The van der Waals surface area contributed by atoms with E-state index in [0.717, 1.165) is 22.3 Å². The third-order valence-electron chi connectivity index (χ3n) is 4.56. The van der Waals surface area contributed by atoms with Crippen LogP contribution in [-0.4, -0.2) is 14.2 Å². The molecule has 1 heterocycles. The van der Waals surface area contributed by atoms with Crippen LogP contribution in [0.4, 0.5) is 0 Å². The largest absolute Gasteiger partial charge is 0.493 e. The van der Waals surface area contributed by atoms with Gasteiger partial charge in [-0.2, -0.15) is 0 Å². The number of benzene rings is 3. The van der Waals surface area contributed by atoms with Gasteiger partial charge in [0.15, 0.2) is 23.0 Å². The van der Waals surface area contributed by atoms with Crippen molar-refractivity contribution >= 4 is 5.57 Å². The first-order valence-corrected chi connectivity index (χ1v) is 8.64. The molecule has 0 radical (unpaired) electrons. The monoisotopic (exact) mass is 360 g/mol. The Morgan fingerprint density at radius 3 is 2.30 bits per heavy atom. The average Bonchev–Trinajstić information content (AvgIpc) is 2.72.